The third-order valence-electron chi connectivity index (χ3n) is 5.33. The third kappa shape index (κ3) is 5.89. The van der Waals surface area contributed by atoms with Crippen LogP contribution in [-0.2, 0) is 23.0 Å². The molecule has 1 aliphatic rings. The van der Waals surface area contributed by atoms with Crippen LogP contribution in [0.4, 0.5) is 0 Å². The van der Waals surface area contributed by atoms with E-state index in [9.17, 15) is 8.42 Å². The SMILES string of the molecule is C[C@@H](CNS(=O)(=O)c1ccc2oncc2c1)[SiH2]CNSN1CCc2cc(Cl)ccc2C1. The first-order valence-corrected chi connectivity index (χ1v) is 14.6. The second-order valence-corrected chi connectivity index (χ2v) is 13.4. The van der Waals surface area contributed by atoms with Crippen LogP contribution in [-0.4, -0.2) is 46.7 Å². The van der Waals surface area contributed by atoms with E-state index in [2.05, 4.69) is 38.0 Å². The number of fused-ring (bicyclic) bond motifs is 2. The molecule has 0 amide bonds. The lowest BCUT2D eigenvalue weighted by molar-refractivity contribution is 0.442. The molecule has 4 rings (SSSR count). The lowest BCUT2D eigenvalue weighted by Crippen LogP contribution is -2.32. The minimum absolute atomic E-state index is 0.234. The van der Waals surface area contributed by atoms with Gasteiger partial charge in [-0.15, -0.1) is 0 Å². The summed E-state index contributed by atoms with van der Waals surface area (Å²) < 4.78 is 38.7. The average molecular weight is 497 g/mol. The number of rotatable bonds is 9. The summed E-state index contributed by atoms with van der Waals surface area (Å²) >= 11 is 7.74. The van der Waals surface area contributed by atoms with Gasteiger partial charge in [0.2, 0.25) is 10.0 Å². The number of benzene rings is 2. The number of hydrogen-bond acceptors (Lipinski definition) is 7. The molecule has 3 aromatic rings. The number of nitrogens with zero attached hydrogens (tertiary/aromatic N) is 2. The average Bonchev–Trinajstić information content (AvgIpc) is 3.23. The van der Waals surface area contributed by atoms with Gasteiger partial charge in [0.1, 0.15) is 0 Å². The molecule has 2 aromatic carbocycles. The number of aromatic nitrogens is 1. The summed E-state index contributed by atoms with van der Waals surface area (Å²) in [4.78, 5) is 0.234. The Hall–Kier alpha value is -1.40. The van der Waals surface area contributed by atoms with E-state index in [0.29, 0.717) is 23.1 Å². The van der Waals surface area contributed by atoms with E-state index in [-0.39, 0.29) is 4.90 Å². The zero-order valence-corrected chi connectivity index (χ0v) is 21.0. The van der Waals surface area contributed by atoms with Crippen LogP contribution in [0, 0.1) is 0 Å². The quantitative estimate of drug-likeness (QED) is 0.267. The van der Waals surface area contributed by atoms with Gasteiger partial charge in [-0.2, -0.15) is 0 Å². The van der Waals surface area contributed by atoms with E-state index >= 15 is 0 Å². The lowest BCUT2D eigenvalue weighted by atomic mass is 10.0. The van der Waals surface area contributed by atoms with Crippen molar-refractivity contribution in [3.63, 3.8) is 0 Å². The summed E-state index contributed by atoms with van der Waals surface area (Å²) in [5.74, 6) is 0. The van der Waals surface area contributed by atoms with Crippen LogP contribution in [0.15, 0.2) is 52.0 Å². The van der Waals surface area contributed by atoms with Gasteiger partial charge in [-0.3, -0.25) is 4.72 Å². The third-order valence-corrected chi connectivity index (χ3v) is 10.1. The Kier molecular flexibility index (Phi) is 7.37. The molecule has 0 saturated carbocycles. The Morgan fingerprint density at radius 2 is 2.16 bits per heavy atom. The van der Waals surface area contributed by atoms with Gasteiger partial charge in [-0.25, -0.2) is 17.4 Å². The predicted octanol–water partition coefficient (Wildman–Crippen LogP) is 2.91. The van der Waals surface area contributed by atoms with Crippen molar-refractivity contribution in [1.82, 2.24) is 18.9 Å². The number of hydrogen-bond donors (Lipinski definition) is 2. The smallest absolute Gasteiger partial charge is 0.240 e. The van der Waals surface area contributed by atoms with Crippen LogP contribution in [0.3, 0.4) is 0 Å². The number of halogens is 1. The maximum Gasteiger partial charge on any atom is 0.240 e. The number of sulfonamides is 1. The summed E-state index contributed by atoms with van der Waals surface area (Å²) in [5.41, 5.74) is 3.58. The molecule has 0 bridgehead atoms. The maximum atomic E-state index is 12.6. The van der Waals surface area contributed by atoms with E-state index in [4.69, 9.17) is 16.1 Å². The minimum Gasteiger partial charge on any atom is -0.356 e. The monoisotopic (exact) mass is 496 g/mol. The van der Waals surface area contributed by atoms with E-state index in [1.165, 1.54) is 17.3 Å². The van der Waals surface area contributed by atoms with Crippen LogP contribution in [0.2, 0.25) is 10.6 Å². The van der Waals surface area contributed by atoms with Crippen molar-refractivity contribution in [2.24, 2.45) is 0 Å². The summed E-state index contributed by atoms with van der Waals surface area (Å²) in [5, 5.41) is 5.16. The highest BCUT2D eigenvalue weighted by Crippen LogP contribution is 2.25. The van der Waals surface area contributed by atoms with Crippen molar-refractivity contribution >= 4 is 54.2 Å². The van der Waals surface area contributed by atoms with Crippen molar-refractivity contribution in [1.29, 1.82) is 0 Å². The summed E-state index contributed by atoms with van der Waals surface area (Å²) in [6.07, 6.45) is 3.45. The summed E-state index contributed by atoms with van der Waals surface area (Å²) in [6.45, 7) is 4.43. The molecule has 0 spiro atoms. The molecule has 31 heavy (non-hydrogen) atoms. The Balaban J connectivity index is 1.18. The van der Waals surface area contributed by atoms with Gasteiger partial charge in [0.05, 0.1) is 11.1 Å². The van der Waals surface area contributed by atoms with E-state index in [1.54, 1.807) is 30.3 Å². The van der Waals surface area contributed by atoms with Crippen molar-refractivity contribution in [2.45, 2.75) is 30.3 Å². The highest BCUT2D eigenvalue weighted by molar-refractivity contribution is 7.95. The molecular formula is C20H25ClN4O3S2Si. The Morgan fingerprint density at radius 1 is 1.29 bits per heavy atom. The van der Waals surface area contributed by atoms with Gasteiger partial charge in [0.15, 0.2) is 5.58 Å². The van der Waals surface area contributed by atoms with Gasteiger partial charge < -0.3 is 4.52 Å². The van der Waals surface area contributed by atoms with Gasteiger partial charge in [0.25, 0.3) is 0 Å². The lowest BCUT2D eigenvalue weighted by Gasteiger charge is -2.27. The van der Waals surface area contributed by atoms with Crippen LogP contribution in [0.5, 0.6) is 0 Å². The van der Waals surface area contributed by atoms with Crippen molar-refractivity contribution < 1.29 is 12.9 Å². The molecule has 0 aliphatic carbocycles. The molecule has 1 aromatic heterocycles. The first-order valence-electron chi connectivity index (χ1n) is 10.2. The molecule has 0 radical (unpaired) electrons. The molecular weight excluding hydrogens is 472 g/mol. The fraction of sp³-hybridized carbons (Fsp3) is 0.350. The number of nitrogens with one attached hydrogen (secondary N) is 2. The Labute approximate surface area is 194 Å². The molecule has 7 nitrogen and oxygen atoms in total. The molecule has 2 heterocycles. The highest BCUT2D eigenvalue weighted by Gasteiger charge is 2.18. The first kappa shape index (κ1) is 22.8. The van der Waals surface area contributed by atoms with Gasteiger partial charge in [0, 0.05) is 51.7 Å². The molecule has 0 saturated heterocycles. The second kappa shape index (κ2) is 10.0. The highest BCUT2D eigenvalue weighted by atomic mass is 35.5. The first-order chi connectivity index (χ1) is 14.9. The minimum atomic E-state index is -3.54. The second-order valence-electron chi connectivity index (χ2n) is 7.78. The van der Waals surface area contributed by atoms with Crippen LogP contribution >= 0.6 is 23.7 Å². The standard InChI is InChI=1S/C20H25ClN4O3S2Si/c1-14(10-24-30(26,27)19-4-5-20-17(9-19)11-22-28-20)31-13-23-29-25-7-6-15-8-18(21)3-2-16(15)12-25/h2-5,8-9,11,14,23-24H,6-7,10,12-13,31H2,1H3/t14-/m0/s1. The summed E-state index contributed by atoms with van der Waals surface area (Å²) in [7, 11) is -4.02. The zero-order valence-electron chi connectivity index (χ0n) is 17.2. The van der Waals surface area contributed by atoms with Gasteiger partial charge in [-0.1, -0.05) is 29.7 Å². The van der Waals surface area contributed by atoms with E-state index in [0.717, 1.165) is 30.7 Å². The molecule has 11 heteroatoms. The van der Waals surface area contributed by atoms with Crippen molar-refractivity contribution in [3.05, 3.63) is 58.7 Å². The molecule has 0 unspecified atom stereocenters. The van der Waals surface area contributed by atoms with Crippen LogP contribution < -0.4 is 9.44 Å². The van der Waals surface area contributed by atoms with E-state index < -0.39 is 19.5 Å². The fourth-order valence-electron chi connectivity index (χ4n) is 3.47. The molecule has 1 atom stereocenters. The predicted molar refractivity (Wildman–Crippen MR) is 128 cm³/mol. The van der Waals surface area contributed by atoms with Crippen molar-refractivity contribution in [2.75, 3.05) is 19.3 Å². The van der Waals surface area contributed by atoms with Crippen LogP contribution in [0.1, 0.15) is 18.1 Å². The maximum absolute atomic E-state index is 12.6. The fourth-order valence-corrected chi connectivity index (χ4v) is 7.32. The van der Waals surface area contributed by atoms with Gasteiger partial charge >= 0.3 is 0 Å². The molecule has 0 fully saturated rings. The summed E-state index contributed by atoms with van der Waals surface area (Å²) in [6, 6.07) is 10.9. The topological polar surface area (TPSA) is 87.5 Å². The normalized spacial score (nSPS) is 16.2. The molecule has 1 aliphatic heterocycles. The largest absolute Gasteiger partial charge is 0.356 e. The van der Waals surface area contributed by atoms with Gasteiger partial charge in [-0.05, 0) is 59.6 Å². The molecule has 2 N–H and O–H groups in total. The van der Waals surface area contributed by atoms with Crippen LogP contribution in [0.25, 0.3) is 11.0 Å². The van der Waals surface area contributed by atoms with Crippen molar-refractivity contribution in [3.8, 4) is 0 Å². The Morgan fingerprint density at radius 3 is 3.03 bits per heavy atom. The van der Waals surface area contributed by atoms with E-state index in [1.807, 2.05) is 6.07 Å². The Bertz CT molecular complexity index is 1160. The zero-order chi connectivity index (χ0) is 21.8. The molecule has 166 valence electrons.